The molecule has 5 N–H and O–H groups in total. The van der Waals surface area contributed by atoms with Crippen molar-refractivity contribution in [3.05, 3.63) is 72.4 Å². The molecule has 12 nitrogen and oxygen atoms in total. The number of H-pyrrole nitrogens is 1. The number of carbonyl (C=O) groups excluding carboxylic acids is 2. The first kappa shape index (κ1) is 31.5. The summed E-state index contributed by atoms with van der Waals surface area (Å²) < 4.78 is 0. The van der Waals surface area contributed by atoms with Crippen molar-refractivity contribution in [1.29, 1.82) is 0 Å². The predicted molar refractivity (Wildman–Crippen MR) is 178 cm³/mol. The van der Waals surface area contributed by atoms with Gasteiger partial charge in [0.15, 0.2) is 0 Å². The molecule has 1 saturated carbocycles. The zero-order valence-electron chi connectivity index (χ0n) is 26.3. The lowest BCUT2D eigenvalue weighted by Crippen LogP contribution is -2.50. The highest BCUT2D eigenvalue weighted by Crippen LogP contribution is 2.32. The van der Waals surface area contributed by atoms with Gasteiger partial charge in [0.25, 0.3) is 5.91 Å². The number of benzene rings is 2. The number of hydrogen-bond donors (Lipinski definition) is 3. The average Bonchev–Trinajstić information content (AvgIpc) is 3.65. The molecule has 1 atom stereocenters. The minimum Gasteiger partial charge on any atom is -0.354 e. The number of rotatable bonds is 9. The van der Waals surface area contributed by atoms with E-state index in [0.717, 1.165) is 67.1 Å². The molecule has 0 unspecified atom stereocenters. The molecule has 0 spiro atoms. The Morgan fingerprint density at radius 1 is 0.935 bits per heavy atom. The van der Waals surface area contributed by atoms with Crippen molar-refractivity contribution < 1.29 is 9.59 Å². The number of pyridine rings is 1. The third-order valence-electron chi connectivity index (χ3n) is 9.33. The minimum absolute atomic E-state index is 0.215. The third kappa shape index (κ3) is 7.14. The fourth-order valence-corrected chi connectivity index (χ4v) is 6.38. The fourth-order valence-electron chi connectivity index (χ4n) is 6.38. The lowest BCUT2D eigenvalue weighted by molar-refractivity contribution is -0.130. The summed E-state index contributed by atoms with van der Waals surface area (Å²) in [6, 6.07) is 18.3. The summed E-state index contributed by atoms with van der Waals surface area (Å²) in [6.45, 7) is 4.56. The van der Waals surface area contributed by atoms with E-state index in [1.54, 1.807) is 24.3 Å². The second-order valence-corrected chi connectivity index (χ2v) is 12.4. The van der Waals surface area contributed by atoms with Crippen LogP contribution in [-0.2, 0) is 16.0 Å². The quantitative estimate of drug-likeness (QED) is 0.253. The van der Waals surface area contributed by atoms with Crippen molar-refractivity contribution in [2.75, 3.05) is 49.6 Å². The Bertz CT molecular complexity index is 1590. The number of hydrogen-bond acceptors (Lipinski definition) is 10. The van der Waals surface area contributed by atoms with E-state index < -0.39 is 11.9 Å². The number of piperazine rings is 1. The third-order valence-corrected chi connectivity index (χ3v) is 9.33. The Hall–Kier alpha value is -4.52. The number of carbonyl (C=O) groups is 2. The molecule has 2 amide bonds. The Morgan fingerprint density at radius 2 is 1.63 bits per heavy atom. The molecule has 3 heterocycles. The predicted octanol–water partition coefficient (Wildman–Crippen LogP) is 2.88. The SMILES string of the molecule is CN1CCN(c2cc(-c3ccc(C[C@H](N)C(=O)N(C(=O)C4CCC(CN)CC4)c4ccc(-c5nn[nH]n5)cc4)cc3)ccn2)CC1. The zero-order valence-corrected chi connectivity index (χ0v) is 26.3. The smallest absolute Gasteiger partial charge is 0.251 e. The van der Waals surface area contributed by atoms with Crippen molar-refractivity contribution in [2.24, 2.45) is 23.3 Å². The van der Waals surface area contributed by atoms with E-state index in [9.17, 15) is 9.59 Å². The van der Waals surface area contributed by atoms with Crippen LogP contribution >= 0.6 is 0 Å². The summed E-state index contributed by atoms with van der Waals surface area (Å²) in [4.78, 5) is 38.4. The number of nitrogens with one attached hydrogen (secondary N) is 1. The van der Waals surface area contributed by atoms with Gasteiger partial charge in [-0.25, -0.2) is 9.88 Å². The summed E-state index contributed by atoms with van der Waals surface area (Å²) >= 11 is 0. The van der Waals surface area contributed by atoms with Crippen molar-refractivity contribution in [2.45, 2.75) is 38.1 Å². The van der Waals surface area contributed by atoms with Crippen LogP contribution in [0.2, 0.25) is 0 Å². The first-order valence-corrected chi connectivity index (χ1v) is 16.1. The largest absolute Gasteiger partial charge is 0.354 e. The molecule has 0 bridgehead atoms. The first-order chi connectivity index (χ1) is 22.4. The Labute approximate surface area is 269 Å². The topological polar surface area (TPSA) is 163 Å². The van der Waals surface area contributed by atoms with Crippen LogP contribution in [0.15, 0.2) is 66.9 Å². The monoisotopic (exact) mass is 622 g/mol. The molecular formula is C34H42N10O2. The van der Waals surface area contributed by atoms with E-state index in [-0.39, 0.29) is 11.8 Å². The normalized spacial score (nSPS) is 19.5. The van der Waals surface area contributed by atoms with Crippen molar-refractivity contribution in [3.8, 4) is 22.5 Å². The number of tetrazole rings is 1. The number of imide groups is 1. The minimum atomic E-state index is -0.906. The number of anilines is 2. The van der Waals surface area contributed by atoms with Gasteiger partial charge in [0, 0.05) is 43.9 Å². The van der Waals surface area contributed by atoms with Gasteiger partial charge in [-0.05, 0) is 110 Å². The Balaban J connectivity index is 1.17. The maximum Gasteiger partial charge on any atom is 0.251 e. The molecule has 6 rings (SSSR count). The summed E-state index contributed by atoms with van der Waals surface area (Å²) in [7, 11) is 2.14. The van der Waals surface area contributed by atoms with Crippen molar-refractivity contribution in [1.82, 2.24) is 30.5 Å². The number of nitrogens with zero attached hydrogens (tertiary/aromatic N) is 7. The van der Waals surface area contributed by atoms with Crippen LogP contribution < -0.4 is 21.3 Å². The van der Waals surface area contributed by atoms with E-state index >= 15 is 0 Å². The molecule has 1 aliphatic heterocycles. The van der Waals surface area contributed by atoms with Gasteiger partial charge in [0.2, 0.25) is 11.7 Å². The van der Waals surface area contributed by atoms with Gasteiger partial charge in [-0.3, -0.25) is 9.59 Å². The van der Waals surface area contributed by atoms with Crippen LogP contribution in [0.3, 0.4) is 0 Å². The highest BCUT2D eigenvalue weighted by Gasteiger charge is 2.35. The average molecular weight is 623 g/mol. The summed E-state index contributed by atoms with van der Waals surface area (Å²) in [5, 5.41) is 14.1. The second kappa shape index (κ2) is 14.3. The van der Waals surface area contributed by atoms with E-state index in [4.69, 9.17) is 11.5 Å². The van der Waals surface area contributed by atoms with Crippen LogP contribution in [0.25, 0.3) is 22.5 Å². The fraction of sp³-hybridized carbons (Fsp3) is 0.412. The lowest BCUT2D eigenvalue weighted by atomic mass is 9.81. The highest BCUT2D eigenvalue weighted by atomic mass is 16.2. The van der Waals surface area contributed by atoms with E-state index in [2.05, 4.69) is 48.5 Å². The van der Waals surface area contributed by atoms with Crippen molar-refractivity contribution in [3.63, 3.8) is 0 Å². The molecule has 1 aliphatic carbocycles. The van der Waals surface area contributed by atoms with Crippen LogP contribution in [0, 0.1) is 11.8 Å². The lowest BCUT2D eigenvalue weighted by Gasteiger charge is -2.33. The standard InChI is InChI=1S/C34H42N10O2/c1-42-16-18-43(19-17-42)31-21-28(14-15-37-31)25-6-2-23(3-7-25)20-30(36)34(46)44(33(45)27-8-4-24(22-35)5-9-27)29-12-10-26(11-13-29)32-38-40-41-39-32/h2-3,6-7,10-15,21,24,27,30H,4-5,8-9,16-20,22,35-36H2,1H3,(H,38,39,40,41)/t24?,27?,30-/m0/s1. The van der Waals surface area contributed by atoms with Gasteiger partial charge in [-0.1, -0.05) is 24.3 Å². The van der Waals surface area contributed by atoms with Gasteiger partial charge in [-0.15, -0.1) is 10.2 Å². The number of aromatic amines is 1. The molecule has 240 valence electrons. The number of likely N-dealkylation sites (N-methyl/N-ethyl adjacent to an activating group) is 1. The van der Waals surface area contributed by atoms with Crippen LogP contribution in [0.1, 0.15) is 31.2 Å². The summed E-state index contributed by atoms with van der Waals surface area (Å²) in [5.41, 5.74) is 16.7. The van der Waals surface area contributed by atoms with Gasteiger partial charge in [0.05, 0.1) is 11.7 Å². The van der Waals surface area contributed by atoms with E-state index in [0.29, 0.717) is 43.2 Å². The molecule has 46 heavy (non-hydrogen) atoms. The van der Waals surface area contributed by atoms with Crippen LogP contribution in [-0.4, -0.2) is 88.1 Å². The maximum atomic E-state index is 14.0. The number of nitrogens with two attached hydrogens (primary N) is 2. The molecule has 4 aromatic rings. The molecule has 0 radical (unpaired) electrons. The Kier molecular flexibility index (Phi) is 9.76. The van der Waals surface area contributed by atoms with Gasteiger partial charge in [-0.2, -0.15) is 5.21 Å². The maximum absolute atomic E-state index is 14.0. The molecule has 1 saturated heterocycles. The Morgan fingerprint density at radius 3 is 2.28 bits per heavy atom. The van der Waals surface area contributed by atoms with Gasteiger partial charge < -0.3 is 21.3 Å². The van der Waals surface area contributed by atoms with Crippen LogP contribution in [0.5, 0.6) is 0 Å². The summed E-state index contributed by atoms with van der Waals surface area (Å²) in [6.07, 6.45) is 5.30. The van der Waals surface area contributed by atoms with Gasteiger partial charge in [0.1, 0.15) is 5.82 Å². The van der Waals surface area contributed by atoms with E-state index in [1.165, 1.54) is 4.90 Å². The number of amides is 2. The molecule has 2 aromatic carbocycles. The molecular weight excluding hydrogens is 580 g/mol. The molecule has 2 fully saturated rings. The van der Waals surface area contributed by atoms with Crippen LogP contribution in [0.4, 0.5) is 11.5 Å². The van der Waals surface area contributed by atoms with E-state index in [1.807, 2.05) is 36.5 Å². The van der Waals surface area contributed by atoms with Gasteiger partial charge >= 0.3 is 0 Å². The first-order valence-electron chi connectivity index (χ1n) is 16.1. The zero-order chi connectivity index (χ0) is 32.0. The highest BCUT2D eigenvalue weighted by molar-refractivity contribution is 6.17. The second-order valence-electron chi connectivity index (χ2n) is 12.4. The van der Waals surface area contributed by atoms with Crippen molar-refractivity contribution >= 4 is 23.3 Å². The molecule has 2 aromatic heterocycles. The molecule has 2 aliphatic rings. The molecule has 12 heteroatoms. The summed E-state index contributed by atoms with van der Waals surface area (Å²) in [5.74, 6) is 0.928. The number of aromatic nitrogens is 5.